The van der Waals surface area contributed by atoms with Crippen molar-refractivity contribution in [3.05, 3.63) is 23.8 Å². The van der Waals surface area contributed by atoms with Crippen molar-refractivity contribution in [2.75, 3.05) is 56.2 Å². The molecule has 2 N–H and O–H groups in total. The molecule has 1 aromatic carbocycles. The van der Waals surface area contributed by atoms with Gasteiger partial charge in [0.1, 0.15) is 0 Å². The van der Waals surface area contributed by atoms with Gasteiger partial charge in [-0.1, -0.05) is 6.92 Å². The van der Waals surface area contributed by atoms with Crippen LogP contribution in [0.3, 0.4) is 0 Å². The summed E-state index contributed by atoms with van der Waals surface area (Å²) in [5.41, 5.74) is 1.53. The molecule has 2 aliphatic rings. The van der Waals surface area contributed by atoms with E-state index in [9.17, 15) is 14.7 Å². The number of carboxylic acid groups (broad SMARTS) is 1. The van der Waals surface area contributed by atoms with Crippen LogP contribution in [-0.4, -0.2) is 67.8 Å². The maximum atomic E-state index is 11.8. The third-order valence-corrected chi connectivity index (χ3v) is 5.74. The summed E-state index contributed by atoms with van der Waals surface area (Å²) in [7, 11) is 0. The Balaban J connectivity index is 1.56. The predicted octanol–water partition coefficient (Wildman–Crippen LogP) is 2.67. The summed E-state index contributed by atoms with van der Waals surface area (Å²) in [4.78, 5) is 28.0. The molecule has 3 rings (SSSR count). The van der Waals surface area contributed by atoms with Crippen LogP contribution in [0.2, 0.25) is 0 Å². The maximum Gasteiger partial charge on any atom is 0.337 e. The quantitative estimate of drug-likeness (QED) is 0.746. The molecular weight excluding hydrogens is 358 g/mol. The fourth-order valence-corrected chi connectivity index (χ4v) is 3.96. The van der Waals surface area contributed by atoms with Gasteiger partial charge in [-0.2, -0.15) is 0 Å². The summed E-state index contributed by atoms with van der Waals surface area (Å²) in [6, 6.07) is 5.18. The number of morpholine rings is 1. The number of nitrogens with one attached hydrogen (secondary N) is 1. The number of hydrogen-bond donors (Lipinski definition) is 2. The first-order valence-electron chi connectivity index (χ1n) is 10.3. The smallest absolute Gasteiger partial charge is 0.337 e. The second-order valence-corrected chi connectivity index (χ2v) is 7.61. The van der Waals surface area contributed by atoms with E-state index in [1.54, 1.807) is 19.1 Å². The lowest BCUT2D eigenvalue weighted by atomic mass is 9.92. The number of nitrogens with zero attached hydrogens (tertiary/aromatic N) is 2. The molecule has 1 aromatic rings. The number of aromatic carboxylic acids is 1. The van der Waals surface area contributed by atoms with Crippen LogP contribution in [0.1, 0.15) is 43.0 Å². The van der Waals surface area contributed by atoms with Gasteiger partial charge in [0.25, 0.3) is 0 Å². The number of hydrogen-bond acceptors (Lipinski definition) is 5. The van der Waals surface area contributed by atoms with Crippen LogP contribution in [0, 0.1) is 5.92 Å². The zero-order valence-electron chi connectivity index (χ0n) is 16.7. The minimum Gasteiger partial charge on any atom is -0.478 e. The topological polar surface area (TPSA) is 82.1 Å². The van der Waals surface area contributed by atoms with E-state index >= 15 is 0 Å². The highest BCUT2D eigenvalue weighted by Gasteiger charge is 2.24. The molecule has 0 saturated carbocycles. The first-order valence-corrected chi connectivity index (χ1v) is 10.3. The maximum absolute atomic E-state index is 11.8. The Morgan fingerprint density at radius 3 is 2.54 bits per heavy atom. The Kier molecular flexibility index (Phi) is 7.28. The third kappa shape index (κ3) is 5.45. The van der Waals surface area contributed by atoms with E-state index in [1.165, 1.54) is 6.42 Å². The first kappa shape index (κ1) is 20.6. The van der Waals surface area contributed by atoms with Crippen molar-refractivity contribution in [2.24, 2.45) is 5.92 Å². The number of ether oxygens (including phenoxy) is 1. The number of carbonyl (C=O) groups excluding carboxylic acids is 1. The molecule has 0 radical (unpaired) electrons. The van der Waals surface area contributed by atoms with Gasteiger partial charge in [0.05, 0.1) is 24.5 Å². The summed E-state index contributed by atoms with van der Waals surface area (Å²) in [5.74, 6) is -0.391. The van der Waals surface area contributed by atoms with Gasteiger partial charge in [0.15, 0.2) is 0 Å². The molecule has 1 amide bonds. The van der Waals surface area contributed by atoms with Crippen molar-refractivity contribution in [2.45, 2.75) is 32.6 Å². The minimum atomic E-state index is -0.961. The van der Waals surface area contributed by atoms with Gasteiger partial charge in [-0.05, 0) is 49.9 Å². The Bertz CT molecular complexity index is 680. The zero-order chi connectivity index (χ0) is 19.9. The van der Waals surface area contributed by atoms with Crippen LogP contribution in [0.25, 0.3) is 0 Å². The van der Waals surface area contributed by atoms with Crippen LogP contribution in [0.15, 0.2) is 18.2 Å². The number of carboxylic acids is 1. The number of piperidine rings is 1. The molecule has 28 heavy (non-hydrogen) atoms. The Morgan fingerprint density at radius 1 is 1.18 bits per heavy atom. The lowest BCUT2D eigenvalue weighted by molar-refractivity contribution is -0.115. The van der Waals surface area contributed by atoms with Crippen molar-refractivity contribution in [1.29, 1.82) is 0 Å². The standard InChI is InChI=1S/C21H31N3O4/c1-2-20(25)22-17-3-4-19(18(15-17)21(26)27)24-9-6-16(7-10-24)5-8-23-11-13-28-14-12-23/h3-4,15-16H,2,5-14H2,1H3,(H,22,25)(H,26,27). The second kappa shape index (κ2) is 9.89. The molecule has 0 bridgehead atoms. The molecule has 2 aliphatic heterocycles. The zero-order valence-corrected chi connectivity index (χ0v) is 16.7. The lowest BCUT2D eigenvalue weighted by Gasteiger charge is -2.35. The summed E-state index contributed by atoms with van der Waals surface area (Å²) < 4.78 is 5.40. The van der Waals surface area contributed by atoms with E-state index in [0.717, 1.165) is 64.5 Å². The first-order chi connectivity index (χ1) is 13.6. The largest absolute Gasteiger partial charge is 0.478 e. The average Bonchev–Trinajstić information content (AvgIpc) is 2.73. The molecule has 0 atom stereocenters. The summed E-state index contributed by atoms with van der Waals surface area (Å²) in [5, 5.41) is 12.4. The van der Waals surface area contributed by atoms with Crippen molar-refractivity contribution >= 4 is 23.3 Å². The van der Waals surface area contributed by atoms with Gasteiger partial charge >= 0.3 is 5.97 Å². The van der Waals surface area contributed by atoms with Gasteiger partial charge in [0.2, 0.25) is 5.91 Å². The van der Waals surface area contributed by atoms with Crippen molar-refractivity contribution in [3.63, 3.8) is 0 Å². The summed E-state index contributed by atoms with van der Waals surface area (Å²) in [6.45, 7) is 8.37. The number of rotatable bonds is 7. The summed E-state index contributed by atoms with van der Waals surface area (Å²) in [6.07, 6.45) is 3.72. The molecule has 0 spiro atoms. The van der Waals surface area contributed by atoms with Gasteiger partial charge in [-0.3, -0.25) is 9.69 Å². The molecule has 154 valence electrons. The van der Waals surface area contributed by atoms with Crippen molar-refractivity contribution in [3.8, 4) is 0 Å². The number of benzene rings is 1. The number of carbonyl (C=O) groups is 2. The highest BCUT2D eigenvalue weighted by Crippen LogP contribution is 2.30. The highest BCUT2D eigenvalue weighted by atomic mass is 16.5. The van der Waals surface area contributed by atoms with Gasteiger partial charge in [0, 0.05) is 38.3 Å². The molecule has 2 fully saturated rings. The summed E-state index contributed by atoms with van der Waals surface area (Å²) >= 11 is 0. The third-order valence-electron chi connectivity index (χ3n) is 5.74. The molecule has 0 aliphatic carbocycles. The van der Waals surface area contributed by atoms with Crippen LogP contribution >= 0.6 is 0 Å². The molecule has 7 nitrogen and oxygen atoms in total. The van der Waals surface area contributed by atoms with E-state index in [0.29, 0.717) is 18.0 Å². The second-order valence-electron chi connectivity index (χ2n) is 7.61. The number of anilines is 2. The molecule has 7 heteroatoms. The molecule has 2 heterocycles. The van der Waals surface area contributed by atoms with E-state index in [1.807, 2.05) is 6.07 Å². The lowest BCUT2D eigenvalue weighted by Crippen LogP contribution is -2.39. The molecular formula is C21H31N3O4. The van der Waals surface area contributed by atoms with Gasteiger partial charge < -0.3 is 20.1 Å². The average molecular weight is 389 g/mol. The SMILES string of the molecule is CCC(=O)Nc1ccc(N2CCC(CCN3CCOCC3)CC2)c(C(=O)O)c1. The van der Waals surface area contributed by atoms with Crippen LogP contribution in [-0.2, 0) is 9.53 Å². The molecule has 2 saturated heterocycles. The van der Waals surface area contributed by atoms with Crippen molar-refractivity contribution in [1.82, 2.24) is 4.90 Å². The van der Waals surface area contributed by atoms with Gasteiger partial charge in [-0.25, -0.2) is 4.79 Å². The highest BCUT2D eigenvalue weighted by molar-refractivity contribution is 5.98. The minimum absolute atomic E-state index is 0.120. The Labute approximate surface area is 166 Å². The van der Waals surface area contributed by atoms with Crippen molar-refractivity contribution < 1.29 is 19.4 Å². The van der Waals surface area contributed by atoms with E-state index in [2.05, 4.69) is 15.1 Å². The van der Waals surface area contributed by atoms with Crippen LogP contribution < -0.4 is 10.2 Å². The number of amides is 1. The fourth-order valence-electron chi connectivity index (χ4n) is 3.96. The van der Waals surface area contributed by atoms with Crippen LogP contribution in [0.4, 0.5) is 11.4 Å². The normalized spacial score (nSPS) is 18.8. The van der Waals surface area contributed by atoms with E-state index < -0.39 is 5.97 Å². The fraction of sp³-hybridized carbons (Fsp3) is 0.619. The monoisotopic (exact) mass is 389 g/mol. The van der Waals surface area contributed by atoms with E-state index in [4.69, 9.17) is 4.74 Å². The predicted molar refractivity (Wildman–Crippen MR) is 109 cm³/mol. The van der Waals surface area contributed by atoms with E-state index in [-0.39, 0.29) is 11.5 Å². The molecule has 0 aromatic heterocycles. The Hall–Kier alpha value is -2.12. The van der Waals surface area contributed by atoms with Crippen LogP contribution in [0.5, 0.6) is 0 Å². The van der Waals surface area contributed by atoms with Gasteiger partial charge in [-0.15, -0.1) is 0 Å². The Morgan fingerprint density at radius 2 is 1.89 bits per heavy atom. The molecule has 0 unspecified atom stereocenters.